The summed E-state index contributed by atoms with van der Waals surface area (Å²) in [5.74, 6) is -0.310. The van der Waals surface area contributed by atoms with Gasteiger partial charge in [-0.25, -0.2) is 9.37 Å². The van der Waals surface area contributed by atoms with E-state index in [0.717, 1.165) is 38.5 Å². The molecule has 0 saturated heterocycles. The molecule has 1 heterocycles. The molecular formula is C27H38FN3O3S. The van der Waals surface area contributed by atoms with Crippen molar-refractivity contribution in [1.29, 1.82) is 0 Å². The minimum Gasteiger partial charge on any atom is -0.483 e. The Bertz CT molecular complexity index is 928. The topological polar surface area (TPSA) is 80.3 Å². The molecule has 1 saturated carbocycles. The van der Waals surface area contributed by atoms with E-state index in [-0.39, 0.29) is 36.3 Å². The average molecular weight is 504 g/mol. The summed E-state index contributed by atoms with van der Waals surface area (Å²) in [6.07, 6.45) is 12.5. The maximum absolute atomic E-state index is 13.7. The number of rotatable bonds is 14. The highest BCUT2D eigenvalue weighted by molar-refractivity contribution is 7.09. The van der Waals surface area contributed by atoms with Crippen LogP contribution in [0.15, 0.2) is 29.6 Å². The molecule has 2 aromatic rings. The van der Waals surface area contributed by atoms with Crippen molar-refractivity contribution in [2.75, 3.05) is 0 Å². The summed E-state index contributed by atoms with van der Waals surface area (Å²) in [6, 6.07) is 6.49. The molecule has 3 rings (SSSR count). The summed E-state index contributed by atoms with van der Waals surface area (Å²) in [4.78, 5) is 29.2. The third-order valence-corrected chi connectivity index (χ3v) is 7.23. The van der Waals surface area contributed by atoms with Crippen molar-refractivity contribution in [3.05, 3.63) is 46.2 Å². The zero-order valence-electron chi connectivity index (χ0n) is 20.7. The van der Waals surface area contributed by atoms with Crippen molar-refractivity contribution in [3.63, 3.8) is 0 Å². The second-order valence-electron chi connectivity index (χ2n) is 9.31. The van der Waals surface area contributed by atoms with E-state index in [2.05, 4.69) is 22.5 Å². The number of thiazole rings is 1. The smallest absolute Gasteiger partial charge is 0.270 e. The van der Waals surface area contributed by atoms with Crippen LogP contribution in [0.4, 0.5) is 4.39 Å². The Morgan fingerprint density at radius 2 is 1.66 bits per heavy atom. The van der Waals surface area contributed by atoms with Crippen LogP contribution in [-0.2, 0) is 11.4 Å². The van der Waals surface area contributed by atoms with Gasteiger partial charge in [0.2, 0.25) is 5.91 Å². The Hall–Kier alpha value is -2.48. The van der Waals surface area contributed by atoms with Crippen LogP contribution in [-0.4, -0.2) is 28.9 Å². The maximum Gasteiger partial charge on any atom is 0.270 e. The summed E-state index contributed by atoms with van der Waals surface area (Å²) >= 11 is 1.32. The third-order valence-electron chi connectivity index (χ3n) is 6.41. The van der Waals surface area contributed by atoms with Gasteiger partial charge in [-0.15, -0.1) is 11.3 Å². The largest absolute Gasteiger partial charge is 0.483 e. The number of aromatic nitrogens is 1. The number of para-hydroxylation sites is 1. The van der Waals surface area contributed by atoms with Crippen LogP contribution < -0.4 is 15.4 Å². The van der Waals surface area contributed by atoms with Crippen LogP contribution in [0.2, 0.25) is 0 Å². The number of ether oxygens (including phenoxy) is 1. The lowest BCUT2D eigenvalue weighted by Crippen LogP contribution is -2.43. The number of benzene rings is 1. The average Bonchev–Trinajstić information content (AvgIpc) is 3.33. The predicted molar refractivity (Wildman–Crippen MR) is 137 cm³/mol. The number of amides is 2. The van der Waals surface area contributed by atoms with E-state index in [1.807, 2.05) is 0 Å². The summed E-state index contributed by atoms with van der Waals surface area (Å²) in [5.41, 5.74) is 0.354. The summed E-state index contributed by atoms with van der Waals surface area (Å²) in [7, 11) is 0. The molecular weight excluding hydrogens is 465 g/mol. The van der Waals surface area contributed by atoms with Crippen molar-refractivity contribution in [2.24, 2.45) is 0 Å². The summed E-state index contributed by atoms with van der Waals surface area (Å²) < 4.78 is 19.1. The molecule has 192 valence electrons. The van der Waals surface area contributed by atoms with E-state index >= 15 is 0 Å². The van der Waals surface area contributed by atoms with Crippen LogP contribution in [0, 0.1) is 5.82 Å². The second kappa shape index (κ2) is 14.8. The number of carbonyl (C=O) groups excluding carboxylic acids is 2. The number of hydrogen-bond acceptors (Lipinski definition) is 5. The van der Waals surface area contributed by atoms with Gasteiger partial charge in [0, 0.05) is 23.9 Å². The number of unbranched alkanes of at least 4 members (excludes halogenated alkanes) is 6. The number of carbonyl (C=O) groups is 2. The zero-order chi connectivity index (χ0) is 24.9. The van der Waals surface area contributed by atoms with E-state index < -0.39 is 5.82 Å². The molecule has 0 unspecified atom stereocenters. The maximum atomic E-state index is 13.7. The Balaban J connectivity index is 1.30. The van der Waals surface area contributed by atoms with E-state index in [1.54, 1.807) is 23.6 Å². The van der Waals surface area contributed by atoms with Crippen LogP contribution in [0.3, 0.4) is 0 Å². The standard InChI is InChI=1S/C27H38FN3O3S/c1-2-3-4-5-6-7-8-13-25(32)29-20-14-16-21(17-15-20)30-27(33)23-19-35-26(31-23)18-34-24-12-10-9-11-22(24)28/h9-12,19-21H,2-8,13-18H2,1H3,(H,29,32)(H,30,33). The highest BCUT2D eigenvalue weighted by Crippen LogP contribution is 2.21. The fourth-order valence-corrected chi connectivity index (χ4v) is 5.05. The molecule has 0 radical (unpaired) electrons. The quantitative estimate of drug-likeness (QED) is 0.303. The fraction of sp³-hybridized carbons (Fsp3) is 0.593. The number of halogens is 1. The minimum atomic E-state index is -0.424. The third kappa shape index (κ3) is 9.59. The van der Waals surface area contributed by atoms with Crippen LogP contribution >= 0.6 is 11.3 Å². The molecule has 8 heteroatoms. The monoisotopic (exact) mass is 503 g/mol. The lowest BCUT2D eigenvalue weighted by molar-refractivity contribution is -0.122. The van der Waals surface area contributed by atoms with Gasteiger partial charge in [-0.1, -0.05) is 57.6 Å². The van der Waals surface area contributed by atoms with Crippen molar-refractivity contribution in [2.45, 2.75) is 103 Å². The van der Waals surface area contributed by atoms with Gasteiger partial charge in [-0.2, -0.15) is 0 Å². The van der Waals surface area contributed by atoms with E-state index in [4.69, 9.17) is 4.74 Å². The molecule has 1 aliphatic carbocycles. The molecule has 1 aromatic carbocycles. The molecule has 0 atom stereocenters. The molecule has 6 nitrogen and oxygen atoms in total. The van der Waals surface area contributed by atoms with Gasteiger partial charge >= 0.3 is 0 Å². The molecule has 35 heavy (non-hydrogen) atoms. The first-order valence-corrected chi connectivity index (χ1v) is 13.8. The van der Waals surface area contributed by atoms with Crippen LogP contribution in [0.5, 0.6) is 5.75 Å². The van der Waals surface area contributed by atoms with Gasteiger partial charge < -0.3 is 15.4 Å². The van der Waals surface area contributed by atoms with Gasteiger partial charge in [0.25, 0.3) is 5.91 Å². The molecule has 1 fully saturated rings. The van der Waals surface area contributed by atoms with E-state index in [0.29, 0.717) is 17.1 Å². The minimum absolute atomic E-state index is 0.0820. The molecule has 1 aromatic heterocycles. The van der Waals surface area contributed by atoms with Crippen LogP contribution in [0.25, 0.3) is 0 Å². The molecule has 2 N–H and O–H groups in total. The summed E-state index contributed by atoms with van der Waals surface area (Å²) in [6.45, 7) is 2.33. The highest BCUT2D eigenvalue weighted by atomic mass is 32.1. The van der Waals surface area contributed by atoms with Crippen molar-refractivity contribution < 1.29 is 18.7 Å². The van der Waals surface area contributed by atoms with Crippen LogP contribution in [0.1, 0.15) is 99.5 Å². The van der Waals surface area contributed by atoms with Gasteiger partial charge in [0.05, 0.1) is 0 Å². The number of nitrogens with one attached hydrogen (secondary N) is 2. The Morgan fingerprint density at radius 3 is 2.37 bits per heavy atom. The van der Waals surface area contributed by atoms with Gasteiger partial charge in [-0.05, 0) is 44.2 Å². The van der Waals surface area contributed by atoms with E-state index in [1.165, 1.54) is 49.5 Å². The predicted octanol–water partition coefficient (Wildman–Crippen LogP) is 6.16. The highest BCUT2D eigenvalue weighted by Gasteiger charge is 2.24. The molecule has 0 aliphatic heterocycles. The van der Waals surface area contributed by atoms with Gasteiger partial charge in [0.15, 0.2) is 11.6 Å². The van der Waals surface area contributed by atoms with Crippen molar-refractivity contribution in [1.82, 2.24) is 15.6 Å². The summed E-state index contributed by atoms with van der Waals surface area (Å²) in [5, 5.41) is 8.54. The Kier molecular flexibility index (Phi) is 11.5. The fourth-order valence-electron chi connectivity index (χ4n) is 4.37. The first kappa shape index (κ1) is 27.1. The SMILES string of the molecule is CCCCCCCCCC(=O)NC1CCC(NC(=O)c2csc(COc3ccccc3F)n2)CC1. The van der Waals surface area contributed by atoms with Crippen molar-refractivity contribution >= 4 is 23.2 Å². The Labute approximate surface area is 212 Å². The lowest BCUT2D eigenvalue weighted by atomic mass is 9.91. The number of nitrogens with zero attached hydrogens (tertiary/aromatic N) is 1. The second-order valence-corrected chi connectivity index (χ2v) is 10.2. The molecule has 2 amide bonds. The molecule has 1 aliphatic rings. The Morgan fingerprint density at radius 1 is 1.00 bits per heavy atom. The van der Waals surface area contributed by atoms with Gasteiger partial charge in [-0.3, -0.25) is 9.59 Å². The molecule has 0 bridgehead atoms. The zero-order valence-corrected chi connectivity index (χ0v) is 21.5. The van der Waals surface area contributed by atoms with Crippen molar-refractivity contribution in [3.8, 4) is 5.75 Å². The first-order chi connectivity index (χ1) is 17.0. The van der Waals surface area contributed by atoms with Gasteiger partial charge in [0.1, 0.15) is 17.3 Å². The first-order valence-electron chi connectivity index (χ1n) is 13.0. The lowest BCUT2D eigenvalue weighted by Gasteiger charge is -2.29. The normalized spacial score (nSPS) is 17.7. The van der Waals surface area contributed by atoms with E-state index in [9.17, 15) is 14.0 Å². The number of hydrogen-bond donors (Lipinski definition) is 2. The molecule has 0 spiro atoms.